The van der Waals surface area contributed by atoms with Crippen LogP contribution in [0.1, 0.15) is 24.1 Å². The third-order valence-electron chi connectivity index (χ3n) is 5.47. The number of aromatic amines is 1. The van der Waals surface area contributed by atoms with Gasteiger partial charge in [-0.3, -0.25) is 9.59 Å². The molecule has 6 nitrogen and oxygen atoms in total. The minimum absolute atomic E-state index is 0.0344. The number of nitrogens with zero attached hydrogens (tertiary/aromatic N) is 1. The zero-order chi connectivity index (χ0) is 21.4. The first kappa shape index (κ1) is 19.7. The first-order valence-electron chi connectivity index (χ1n) is 9.55. The minimum atomic E-state index is -0.754. The van der Waals surface area contributed by atoms with Gasteiger partial charge in [-0.1, -0.05) is 12.1 Å². The highest BCUT2D eigenvalue weighted by atomic mass is 19.1. The van der Waals surface area contributed by atoms with Gasteiger partial charge < -0.3 is 19.7 Å². The van der Waals surface area contributed by atoms with Crippen molar-refractivity contribution in [2.75, 3.05) is 13.7 Å². The predicted octanol–water partition coefficient (Wildman–Crippen LogP) is 3.84. The maximum absolute atomic E-state index is 13.4. The topological polar surface area (TPSA) is 82.6 Å². The number of amides is 1. The molecule has 1 aliphatic heterocycles. The molecule has 30 heavy (non-hydrogen) atoms. The second kappa shape index (κ2) is 7.67. The van der Waals surface area contributed by atoms with Crippen LogP contribution in [0.25, 0.3) is 10.9 Å². The fourth-order valence-corrected chi connectivity index (χ4v) is 3.97. The van der Waals surface area contributed by atoms with Crippen molar-refractivity contribution in [3.63, 3.8) is 0 Å². The zero-order valence-electron chi connectivity index (χ0n) is 16.6. The van der Waals surface area contributed by atoms with E-state index in [0.717, 1.165) is 22.2 Å². The molecule has 1 aromatic heterocycles. The van der Waals surface area contributed by atoms with Gasteiger partial charge >= 0.3 is 0 Å². The van der Waals surface area contributed by atoms with Crippen LogP contribution in [0.4, 0.5) is 4.39 Å². The molecule has 4 rings (SSSR count). The number of carbonyl (C=O) groups excluding carboxylic acids is 2. The third-order valence-corrected chi connectivity index (χ3v) is 5.47. The van der Waals surface area contributed by atoms with E-state index < -0.39 is 29.3 Å². The molecule has 3 aromatic rings. The van der Waals surface area contributed by atoms with E-state index in [9.17, 15) is 19.1 Å². The Balaban J connectivity index is 1.66. The summed E-state index contributed by atoms with van der Waals surface area (Å²) in [5, 5.41) is 11.3. The summed E-state index contributed by atoms with van der Waals surface area (Å²) in [7, 11) is 1.60. The van der Waals surface area contributed by atoms with Gasteiger partial charge in [-0.15, -0.1) is 0 Å². The highest BCUT2D eigenvalue weighted by Crippen LogP contribution is 2.38. The Hall–Kier alpha value is -3.61. The number of Topliss-reactive ketones (excluding diaryl/α,β-unsaturated/α-hetero) is 1. The fraction of sp³-hybridized carbons (Fsp3) is 0.217. The number of hydrogen-bond donors (Lipinski definition) is 2. The number of aliphatic hydroxyl groups is 1. The third kappa shape index (κ3) is 3.32. The Morgan fingerprint density at radius 2 is 1.97 bits per heavy atom. The lowest BCUT2D eigenvalue weighted by Crippen LogP contribution is -2.32. The summed E-state index contributed by atoms with van der Waals surface area (Å²) in [6, 6.07) is 10.5. The van der Waals surface area contributed by atoms with E-state index in [-0.39, 0.29) is 12.1 Å². The van der Waals surface area contributed by atoms with E-state index in [0.29, 0.717) is 12.0 Å². The van der Waals surface area contributed by atoms with Gasteiger partial charge in [0.1, 0.15) is 11.6 Å². The Morgan fingerprint density at radius 3 is 2.63 bits per heavy atom. The van der Waals surface area contributed by atoms with Crippen molar-refractivity contribution in [1.82, 2.24) is 9.88 Å². The Labute approximate surface area is 172 Å². The van der Waals surface area contributed by atoms with Crippen LogP contribution in [0, 0.1) is 5.82 Å². The van der Waals surface area contributed by atoms with Gasteiger partial charge in [-0.25, -0.2) is 4.39 Å². The Morgan fingerprint density at radius 1 is 1.23 bits per heavy atom. The number of halogens is 1. The maximum atomic E-state index is 13.4. The summed E-state index contributed by atoms with van der Waals surface area (Å²) >= 11 is 0. The number of rotatable bonds is 6. The van der Waals surface area contributed by atoms with Crippen LogP contribution in [0.5, 0.6) is 5.75 Å². The van der Waals surface area contributed by atoms with E-state index in [1.165, 1.54) is 36.1 Å². The molecule has 2 aromatic carbocycles. The van der Waals surface area contributed by atoms with Gasteiger partial charge in [0.2, 0.25) is 0 Å². The molecule has 0 saturated heterocycles. The lowest BCUT2D eigenvalue weighted by atomic mass is 9.96. The predicted molar refractivity (Wildman–Crippen MR) is 110 cm³/mol. The van der Waals surface area contributed by atoms with E-state index in [4.69, 9.17) is 4.74 Å². The Bertz CT molecular complexity index is 1160. The van der Waals surface area contributed by atoms with Crippen molar-refractivity contribution < 1.29 is 23.8 Å². The molecule has 0 saturated carbocycles. The first-order chi connectivity index (χ1) is 14.4. The molecular weight excluding hydrogens is 387 g/mol. The molecule has 1 atom stereocenters. The Kier molecular flexibility index (Phi) is 5.03. The highest BCUT2D eigenvalue weighted by molar-refractivity contribution is 6.08. The van der Waals surface area contributed by atoms with Crippen molar-refractivity contribution in [1.29, 1.82) is 0 Å². The van der Waals surface area contributed by atoms with Crippen LogP contribution < -0.4 is 4.74 Å². The van der Waals surface area contributed by atoms with Gasteiger partial charge in [0.25, 0.3) is 5.91 Å². The highest BCUT2D eigenvalue weighted by Gasteiger charge is 2.42. The van der Waals surface area contributed by atoms with E-state index in [1.54, 1.807) is 7.11 Å². The lowest BCUT2D eigenvalue weighted by Gasteiger charge is -2.26. The molecule has 1 unspecified atom stereocenters. The number of ketones is 1. The minimum Gasteiger partial charge on any atom is -0.503 e. The molecule has 0 radical (unpaired) electrons. The number of nitrogens with one attached hydrogen (secondary N) is 1. The number of aliphatic hydroxyl groups excluding tert-OH is 1. The second-order valence-electron chi connectivity index (χ2n) is 7.25. The SMILES string of the molecule is COc1ccc2[nH]cc(CCN3C(=O)C(O)=C(C(C)=O)C3c3ccc(F)cc3)c2c1. The van der Waals surface area contributed by atoms with E-state index >= 15 is 0 Å². The van der Waals surface area contributed by atoms with Gasteiger partial charge in [0.15, 0.2) is 11.5 Å². The van der Waals surface area contributed by atoms with Gasteiger partial charge in [0, 0.05) is 23.6 Å². The number of carbonyl (C=O) groups is 2. The van der Waals surface area contributed by atoms with Crippen LogP contribution in [-0.2, 0) is 16.0 Å². The molecule has 2 N–H and O–H groups in total. The maximum Gasteiger partial charge on any atom is 0.290 e. The number of methoxy groups -OCH3 is 1. The average Bonchev–Trinajstić information content (AvgIpc) is 3.25. The number of aromatic nitrogens is 1. The van der Waals surface area contributed by atoms with Crippen molar-refractivity contribution in [3.8, 4) is 5.75 Å². The summed E-state index contributed by atoms with van der Waals surface area (Å²) in [5.74, 6) is -1.23. The molecule has 2 heterocycles. The van der Waals surface area contributed by atoms with Crippen LogP contribution in [-0.4, -0.2) is 40.3 Å². The summed E-state index contributed by atoms with van der Waals surface area (Å²) < 4.78 is 18.7. The summed E-state index contributed by atoms with van der Waals surface area (Å²) in [5.41, 5.74) is 2.52. The van der Waals surface area contributed by atoms with Crippen molar-refractivity contribution in [2.24, 2.45) is 0 Å². The molecule has 7 heteroatoms. The monoisotopic (exact) mass is 408 g/mol. The number of H-pyrrole nitrogens is 1. The van der Waals surface area contributed by atoms with Crippen molar-refractivity contribution in [2.45, 2.75) is 19.4 Å². The van der Waals surface area contributed by atoms with Crippen LogP contribution in [0.2, 0.25) is 0 Å². The molecule has 0 spiro atoms. The lowest BCUT2D eigenvalue weighted by molar-refractivity contribution is -0.129. The molecule has 1 amide bonds. The molecule has 154 valence electrons. The van der Waals surface area contributed by atoms with Gasteiger partial charge in [-0.05, 0) is 54.8 Å². The van der Waals surface area contributed by atoms with Crippen LogP contribution in [0.3, 0.4) is 0 Å². The summed E-state index contributed by atoms with van der Waals surface area (Å²) in [4.78, 5) is 29.6. The summed E-state index contributed by atoms with van der Waals surface area (Å²) in [6.07, 6.45) is 2.37. The van der Waals surface area contributed by atoms with E-state index in [1.807, 2.05) is 24.4 Å². The van der Waals surface area contributed by atoms with Crippen molar-refractivity contribution in [3.05, 3.63) is 76.9 Å². The quantitative estimate of drug-likeness (QED) is 0.649. The largest absolute Gasteiger partial charge is 0.503 e. The average molecular weight is 408 g/mol. The standard InChI is InChI=1S/C23H21FN2O4/c1-13(27)20-21(14-3-5-16(24)6-4-14)26(23(29)22(20)28)10-9-15-12-25-19-8-7-17(30-2)11-18(15)19/h3-8,11-12,21,25,28H,9-10H2,1-2H3. The van der Waals surface area contributed by atoms with Crippen LogP contribution in [0.15, 0.2) is 60.0 Å². The normalized spacial score (nSPS) is 16.6. The van der Waals surface area contributed by atoms with Crippen molar-refractivity contribution >= 4 is 22.6 Å². The molecule has 1 aliphatic rings. The molecular formula is C23H21FN2O4. The van der Waals surface area contributed by atoms with Gasteiger partial charge in [-0.2, -0.15) is 0 Å². The number of hydrogen-bond acceptors (Lipinski definition) is 4. The smallest absolute Gasteiger partial charge is 0.290 e. The van der Waals surface area contributed by atoms with Gasteiger partial charge in [0.05, 0.1) is 18.7 Å². The molecule has 0 bridgehead atoms. The number of fused-ring (bicyclic) bond motifs is 1. The molecule has 0 fully saturated rings. The first-order valence-corrected chi connectivity index (χ1v) is 9.55. The molecule has 0 aliphatic carbocycles. The second-order valence-corrected chi connectivity index (χ2v) is 7.25. The number of ether oxygens (including phenoxy) is 1. The van der Waals surface area contributed by atoms with E-state index in [2.05, 4.69) is 4.98 Å². The number of benzene rings is 2. The van der Waals surface area contributed by atoms with Crippen LogP contribution >= 0.6 is 0 Å². The zero-order valence-corrected chi connectivity index (χ0v) is 16.6. The summed E-state index contributed by atoms with van der Waals surface area (Å²) in [6.45, 7) is 1.58. The fourth-order valence-electron chi connectivity index (χ4n) is 3.97.